The predicted octanol–water partition coefficient (Wildman–Crippen LogP) is 1.38. The molecule has 2 aromatic rings. The highest BCUT2D eigenvalue weighted by Crippen LogP contribution is 2.10. The van der Waals surface area contributed by atoms with Crippen molar-refractivity contribution in [3.63, 3.8) is 0 Å². The summed E-state index contributed by atoms with van der Waals surface area (Å²) in [6, 6.07) is 9.13. The van der Waals surface area contributed by atoms with E-state index in [0.29, 0.717) is 11.6 Å². The summed E-state index contributed by atoms with van der Waals surface area (Å²) in [7, 11) is 0. The first-order valence-corrected chi connectivity index (χ1v) is 6.35. The van der Waals surface area contributed by atoms with Gasteiger partial charge in [0.15, 0.2) is 0 Å². The molecule has 0 saturated heterocycles. The fraction of sp³-hybridized carbons (Fsp3) is 0.308. The maximum Gasteiger partial charge on any atom is 0.252 e. The largest absolute Gasteiger partial charge is 0.389 e. The molecule has 1 aromatic heterocycles. The lowest BCUT2D eigenvalue weighted by Gasteiger charge is -2.11. The van der Waals surface area contributed by atoms with Crippen molar-refractivity contribution in [3.05, 3.63) is 47.0 Å². The smallest absolute Gasteiger partial charge is 0.252 e. The van der Waals surface area contributed by atoms with Gasteiger partial charge in [0, 0.05) is 5.02 Å². The topological polar surface area (TPSA) is 84.0 Å². The van der Waals surface area contributed by atoms with Gasteiger partial charge in [-0.2, -0.15) is 5.26 Å². The number of aliphatic hydroxyl groups excluding tert-OH is 1. The molecule has 1 atom stereocenters. The van der Waals surface area contributed by atoms with E-state index in [4.69, 9.17) is 21.6 Å². The molecule has 1 heterocycles. The molecule has 6 nitrogen and oxygen atoms in total. The highest BCUT2D eigenvalue weighted by molar-refractivity contribution is 6.30. The second-order valence-corrected chi connectivity index (χ2v) is 4.63. The Kier molecular flexibility index (Phi) is 5.07. The van der Waals surface area contributed by atoms with Crippen LogP contribution in [0.1, 0.15) is 11.4 Å². The summed E-state index contributed by atoms with van der Waals surface area (Å²) in [4.78, 5) is 3.75. The highest BCUT2D eigenvalue weighted by Gasteiger charge is 2.07. The van der Waals surface area contributed by atoms with E-state index in [0.717, 1.165) is 5.56 Å². The summed E-state index contributed by atoms with van der Waals surface area (Å²) in [5, 5.41) is 22.9. The molecule has 104 valence electrons. The van der Waals surface area contributed by atoms with Crippen molar-refractivity contribution >= 4 is 11.6 Å². The van der Waals surface area contributed by atoms with Gasteiger partial charge in [0.1, 0.15) is 12.4 Å². The molecule has 2 rings (SSSR count). The van der Waals surface area contributed by atoms with Crippen LogP contribution in [0.25, 0.3) is 0 Å². The quantitative estimate of drug-likeness (QED) is 0.869. The average Bonchev–Trinajstić information content (AvgIpc) is 2.88. The third-order valence-corrected chi connectivity index (χ3v) is 2.78. The minimum Gasteiger partial charge on any atom is -0.389 e. The number of ether oxygens (including phenoxy) is 1. The Labute approximate surface area is 121 Å². The highest BCUT2D eigenvalue weighted by atomic mass is 35.5. The molecular formula is C13H13ClN4O2. The van der Waals surface area contributed by atoms with Gasteiger partial charge in [-0.25, -0.2) is 9.67 Å². The average molecular weight is 293 g/mol. The second kappa shape index (κ2) is 7.01. The molecule has 20 heavy (non-hydrogen) atoms. The number of nitriles is 1. The standard InChI is InChI=1S/C13H13ClN4O2/c14-11-3-1-10(2-4-11)7-20-8-12(19)6-18-9-16-13(5-15)17-18/h1-4,9,12,19H,6-8H2. The molecule has 0 spiro atoms. The second-order valence-electron chi connectivity index (χ2n) is 4.20. The zero-order valence-electron chi connectivity index (χ0n) is 10.6. The van der Waals surface area contributed by atoms with Crippen LogP contribution in [0.3, 0.4) is 0 Å². The van der Waals surface area contributed by atoms with Gasteiger partial charge in [-0.15, -0.1) is 5.10 Å². The molecular weight excluding hydrogens is 280 g/mol. The first-order valence-electron chi connectivity index (χ1n) is 5.97. The monoisotopic (exact) mass is 292 g/mol. The Morgan fingerprint density at radius 3 is 2.80 bits per heavy atom. The van der Waals surface area contributed by atoms with Gasteiger partial charge >= 0.3 is 0 Å². The Balaban J connectivity index is 1.73. The van der Waals surface area contributed by atoms with Crippen LogP contribution >= 0.6 is 11.6 Å². The fourth-order valence-corrected chi connectivity index (χ4v) is 1.72. The van der Waals surface area contributed by atoms with Crippen LogP contribution in [0.4, 0.5) is 0 Å². The van der Waals surface area contributed by atoms with E-state index in [1.807, 2.05) is 18.2 Å². The van der Waals surface area contributed by atoms with Gasteiger partial charge in [-0.05, 0) is 17.7 Å². The minimum atomic E-state index is -0.712. The van der Waals surface area contributed by atoms with Crippen molar-refractivity contribution in [2.75, 3.05) is 6.61 Å². The van der Waals surface area contributed by atoms with E-state index < -0.39 is 6.10 Å². The summed E-state index contributed by atoms with van der Waals surface area (Å²) in [5.74, 6) is 0.0827. The van der Waals surface area contributed by atoms with E-state index in [9.17, 15) is 5.11 Å². The van der Waals surface area contributed by atoms with Gasteiger partial charge < -0.3 is 9.84 Å². The van der Waals surface area contributed by atoms with Crippen LogP contribution in [-0.4, -0.2) is 32.6 Å². The van der Waals surface area contributed by atoms with E-state index in [-0.39, 0.29) is 19.0 Å². The molecule has 7 heteroatoms. The lowest BCUT2D eigenvalue weighted by molar-refractivity contribution is 0.0186. The Bertz CT molecular complexity index is 591. The third kappa shape index (κ3) is 4.31. The normalized spacial score (nSPS) is 12.1. The van der Waals surface area contributed by atoms with Crippen molar-refractivity contribution in [2.45, 2.75) is 19.3 Å². The summed E-state index contributed by atoms with van der Waals surface area (Å²) in [6.07, 6.45) is 0.691. The molecule has 0 saturated carbocycles. The van der Waals surface area contributed by atoms with Gasteiger partial charge in [0.2, 0.25) is 0 Å². The number of benzene rings is 1. The van der Waals surface area contributed by atoms with Crippen LogP contribution < -0.4 is 0 Å². The van der Waals surface area contributed by atoms with Crippen molar-refractivity contribution in [1.29, 1.82) is 5.26 Å². The predicted molar refractivity (Wildman–Crippen MR) is 71.9 cm³/mol. The number of nitrogens with zero attached hydrogens (tertiary/aromatic N) is 4. The maximum absolute atomic E-state index is 9.79. The lowest BCUT2D eigenvalue weighted by atomic mass is 10.2. The van der Waals surface area contributed by atoms with Crippen LogP contribution in [0, 0.1) is 11.3 Å². The number of aromatic nitrogens is 3. The number of halogens is 1. The Morgan fingerprint density at radius 1 is 1.40 bits per heavy atom. The number of hydrogen-bond donors (Lipinski definition) is 1. The molecule has 0 fully saturated rings. The first-order chi connectivity index (χ1) is 9.67. The van der Waals surface area contributed by atoms with E-state index in [1.165, 1.54) is 11.0 Å². The summed E-state index contributed by atoms with van der Waals surface area (Å²) < 4.78 is 6.82. The molecule has 0 aliphatic carbocycles. The number of hydrogen-bond acceptors (Lipinski definition) is 5. The van der Waals surface area contributed by atoms with Crippen molar-refractivity contribution in [3.8, 4) is 6.07 Å². The molecule has 0 radical (unpaired) electrons. The number of rotatable bonds is 6. The Morgan fingerprint density at radius 2 is 2.15 bits per heavy atom. The third-order valence-electron chi connectivity index (χ3n) is 2.53. The van der Waals surface area contributed by atoms with Gasteiger partial charge in [0.05, 0.1) is 25.9 Å². The van der Waals surface area contributed by atoms with Gasteiger partial charge in [-0.1, -0.05) is 23.7 Å². The fourth-order valence-electron chi connectivity index (χ4n) is 1.60. The molecule has 0 aliphatic rings. The molecule has 1 aromatic carbocycles. The van der Waals surface area contributed by atoms with E-state index >= 15 is 0 Å². The first kappa shape index (κ1) is 14.5. The summed E-state index contributed by atoms with van der Waals surface area (Å²) >= 11 is 5.78. The Hall–Kier alpha value is -1.94. The summed E-state index contributed by atoms with van der Waals surface area (Å²) in [6.45, 7) is 0.800. The molecule has 0 aliphatic heterocycles. The van der Waals surface area contributed by atoms with Crippen LogP contribution in [-0.2, 0) is 17.9 Å². The van der Waals surface area contributed by atoms with Gasteiger partial charge in [-0.3, -0.25) is 0 Å². The van der Waals surface area contributed by atoms with Gasteiger partial charge in [0.25, 0.3) is 5.82 Å². The summed E-state index contributed by atoms with van der Waals surface area (Å²) in [5.41, 5.74) is 0.981. The SMILES string of the molecule is N#Cc1ncn(CC(O)COCc2ccc(Cl)cc2)n1. The lowest BCUT2D eigenvalue weighted by Crippen LogP contribution is -2.22. The maximum atomic E-state index is 9.79. The van der Waals surface area contributed by atoms with Crippen LogP contribution in [0.2, 0.25) is 5.02 Å². The molecule has 1 N–H and O–H groups in total. The zero-order chi connectivity index (χ0) is 14.4. The van der Waals surface area contributed by atoms with Crippen molar-refractivity contribution in [2.24, 2.45) is 0 Å². The van der Waals surface area contributed by atoms with Crippen molar-refractivity contribution < 1.29 is 9.84 Å². The molecule has 0 amide bonds. The van der Waals surface area contributed by atoms with E-state index in [2.05, 4.69) is 10.1 Å². The molecule has 1 unspecified atom stereocenters. The zero-order valence-corrected chi connectivity index (χ0v) is 11.4. The van der Waals surface area contributed by atoms with Crippen molar-refractivity contribution in [1.82, 2.24) is 14.8 Å². The number of aliphatic hydroxyl groups is 1. The van der Waals surface area contributed by atoms with Crippen LogP contribution in [0.15, 0.2) is 30.6 Å². The van der Waals surface area contributed by atoms with Crippen LogP contribution in [0.5, 0.6) is 0 Å². The van der Waals surface area contributed by atoms with E-state index in [1.54, 1.807) is 12.1 Å². The minimum absolute atomic E-state index is 0.0827. The molecule has 0 bridgehead atoms.